The summed E-state index contributed by atoms with van der Waals surface area (Å²) in [6.07, 6.45) is 7.02. The first-order valence-corrected chi connectivity index (χ1v) is 29.7. The van der Waals surface area contributed by atoms with Crippen LogP contribution in [0.5, 0.6) is 17.4 Å². The van der Waals surface area contributed by atoms with Gasteiger partial charge in [-0.2, -0.15) is 10.4 Å². The van der Waals surface area contributed by atoms with Crippen molar-refractivity contribution < 1.29 is 27.1 Å². The number of hydrogen-bond donors (Lipinski definition) is 1. The van der Waals surface area contributed by atoms with Crippen LogP contribution in [0, 0.1) is 22.7 Å². The van der Waals surface area contributed by atoms with E-state index in [2.05, 4.69) is 88.0 Å². The number of benzene rings is 6. The number of alkyl halides is 1. The van der Waals surface area contributed by atoms with Crippen LogP contribution in [0.3, 0.4) is 0 Å². The van der Waals surface area contributed by atoms with Crippen molar-refractivity contribution in [3.63, 3.8) is 0 Å². The van der Waals surface area contributed by atoms with Gasteiger partial charge < -0.3 is 14.4 Å². The number of allylic oxidation sites excluding steroid dienone is 1. The zero-order valence-corrected chi connectivity index (χ0v) is 47.5. The fourth-order valence-electron chi connectivity index (χ4n) is 11.8. The van der Waals surface area contributed by atoms with E-state index in [4.69, 9.17) is 37.8 Å². The van der Waals surface area contributed by atoms with E-state index in [1.54, 1.807) is 18.3 Å². The molecule has 3 aliphatic rings. The summed E-state index contributed by atoms with van der Waals surface area (Å²) in [7, 11) is -4.60. The molecule has 0 unspecified atom stereocenters. The Bertz CT molecular complexity index is 3670. The van der Waals surface area contributed by atoms with E-state index < -0.39 is 32.0 Å². The quantitative estimate of drug-likeness (QED) is 0.0929. The lowest BCUT2D eigenvalue weighted by molar-refractivity contribution is 0.0377. The van der Waals surface area contributed by atoms with Gasteiger partial charge in [-0.25, -0.2) is 27.2 Å². The van der Waals surface area contributed by atoms with Crippen molar-refractivity contribution in [3.05, 3.63) is 214 Å². The fourth-order valence-corrected chi connectivity index (χ4v) is 13.1. The predicted octanol–water partition coefficient (Wildman–Crippen LogP) is 14.1. The van der Waals surface area contributed by atoms with Crippen molar-refractivity contribution in [1.29, 1.82) is 5.26 Å². The molecule has 1 amide bonds. The molecule has 8 aromatic rings. The van der Waals surface area contributed by atoms with Gasteiger partial charge in [-0.1, -0.05) is 152 Å². The Balaban J connectivity index is 0.912. The molecule has 0 spiro atoms. The summed E-state index contributed by atoms with van der Waals surface area (Å²) in [6.45, 7) is 8.15. The van der Waals surface area contributed by atoms with Gasteiger partial charge in [0.25, 0.3) is 15.9 Å². The lowest BCUT2D eigenvalue weighted by atomic mass is 9.72. The number of anilines is 1. The molecule has 16 heteroatoms. The Kier molecular flexibility index (Phi) is 15.8. The van der Waals surface area contributed by atoms with Gasteiger partial charge in [-0.05, 0) is 121 Å². The Morgan fingerprint density at radius 2 is 1.43 bits per heavy atom. The number of nitrogens with zero attached hydrogens (tertiary/aromatic N) is 6. The van der Waals surface area contributed by atoms with Crippen LogP contribution in [0.2, 0.25) is 10.0 Å². The molecular formula is C65H62Cl2FN7O5S. The number of ether oxygens (including phenoxy) is 2. The summed E-state index contributed by atoms with van der Waals surface area (Å²) in [6, 6.07) is 53.1. The number of halogens is 3. The van der Waals surface area contributed by atoms with E-state index in [9.17, 15) is 18.5 Å². The highest BCUT2D eigenvalue weighted by atomic mass is 35.5. The molecule has 0 bridgehead atoms. The van der Waals surface area contributed by atoms with Gasteiger partial charge >= 0.3 is 0 Å². The lowest BCUT2D eigenvalue weighted by Crippen LogP contribution is -2.47. The Morgan fingerprint density at radius 3 is 2.05 bits per heavy atom. The summed E-state index contributed by atoms with van der Waals surface area (Å²) >= 11 is 12.8. The predicted molar refractivity (Wildman–Crippen MR) is 316 cm³/mol. The van der Waals surface area contributed by atoms with E-state index in [0.29, 0.717) is 37.1 Å². The highest BCUT2D eigenvalue weighted by Crippen LogP contribution is 2.46. The number of hydrogen-bond acceptors (Lipinski definition) is 10. The summed E-state index contributed by atoms with van der Waals surface area (Å²) < 4.78 is 60.6. The van der Waals surface area contributed by atoms with E-state index in [0.717, 1.165) is 84.1 Å². The van der Waals surface area contributed by atoms with Crippen molar-refractivity contribution in [2.24, 2.45) is 11.3 Å². The van der Waals surface area contributed by atoms with Gasteiger partial charge in [0.15, 0.2) is 0 Å². The second-order valence-electron chi connectivity index (χ2n) is 22.3. The third-order valence-electron chi connectivity index (χ3n) is 16.3. The first-order valence-electron chi connectivity index (χ1n) is 27.5. The van der Waals surface area contributed by atoms with Crippen LogP contribution in [-0.4, -0.2) is 79.0 Å². The molecule has 3 heterocycles. The van der Waals surface area contributed by atoms with Crippen LogP contribution in [0.4, 0.5) is 10.1 Å². The number of piperazine rings is 1. The van der Waals surface area contributed by atoms with Crippen LogP contribution in [-0.2, 0) is 15.6 Å². The molecule has 1 saturated heterocycles. The van der Waals surface area contributed by atoms with Gasteiger partial charge in [-0.3, -0.25) is 9.69 Å². The van der Waals surface area contributed by atoms with Crippen LogP contribution in [0.1, 0.15) is 91.4 Å². The molecule has 11 rings (SSSR count). The van der Waals surface area contributed by atoms with Crippen LogP contribution >= 0.6 is 23.2 Å². The van der Waals surface area contributed by atoms with Crippen LogP contribution in [0.15, 0.2) is 181 Å². The second kappa shape index (κ2) is 23.1. The lowest BCUT2D eigenvalue weighted by Gasteiger charge is -2.39. The maximum Gasteiger partial charge on any atom is 0.268 e. The largest absolute Gasteiger partial charge is 0.473 e. The zero-order chi connectivity index (χ0) is 56.4. The number of pyridine rings is 1. The molecule has 2 fully saturated rings. The van der Waals surface area contributed by atoms with Crippen LogP contribution in [0.25, 0.3) is 16.5 Å². The molecule has 0 radical (unpaired) electrons. The first kappa shape index (κ1) is 55.4. The number of rotatable bonds is 16. The van der Waals surface area contributed by atoms with Crippen molar-refractivity contribution in [2.75, 3.05) is 44.2 Å². The minimum atomic E-state index is -4.60. The highest BCUT2D eigenvalue weighted by Gasteiger charge is 2.41. The first-order chi connectivity index (χ1) is 39.1. The Morgan fingerprint density at radius 1 is 0.790 bits per heavy atom. The number of nitrogens with one attached hydrogen (secondary N) is 1. The molecule has 1 aliphatic heterocycles. The summed E-state index contributed by atoms with van der Waals surface area (Å²) in [5, 5.41) is 15.6. The number of carbonyl (C=O) groups excluding carboxylic acids is 1. The summed E-state index contributed by atoms with van der Waals surface area (Å²) in [5.41, 5.74) is 6.09. The van der Waals surface area contributed by atoms with Crippen molar-refractivity contribution in [1.82, 2.24) is 24.4 Å². The smallest absolute Gasteiger partial charge is 0.268 e. The van der Waals surface area contributed by atoms with Gasteiger partial charge in [-0.15, -0.1) is 0 Å². The fraction of sp³-hybridized carbons (Fsp3) is 0.292. The highest BCUT2D eigenvalue weighted by molar-refractivity contribution is 7.90. The molecule has 6 aromatic carbocycles. The Labute approximate surface area is 482 Å². The molecule has 12 nitrogen and oxygen atoms in total. The van der Waals surface area contributed by atoms with E-state index >= 15 is 4.39 Å². The topological polar surface area (TPSA) is 143 Å². The van der Waals surface area contributed by atoms with Gasteiger partial charge in [0.05, 0.1) is 34.9 Å². The molecule has 2 aliphatic carbocycles. The van der Waals surface area contributed by atoms with Crippen molar-refractivity contribution in [3.8, 4) is 23.4 Å². The maximum absolute atomic E-state index is 15.6. The standard InChI is InChI=1S/C65H62Cl2FN7O5S/c1-63(2)30-29-47(55(39-63)46-21-23-51(66)24-22-46)43-73-33-35-74(36-34-73)52-25-26-54(61(76)72-81(77,78)53-38-57(67)62(70-41-53)79-44-64(68)31-27-45(40-69)28-32-64)60(37-52)80-59-20-12-19-58-56(59)42-71-75(58)65(48-13-6-3-7-14-48,49-15-8-4-9-16-49)50-17-10-5-11-18-50/h3-26,37-38,41-42,45H,27-36,39,43-44H2,1-2H3,(H,72,76)/t45-,64+. The minimum Gasteiger partial charge on any atom is -0.473 e. The van der Waals surface area contributed by atoms with Gasteiger partial charge in [0, 0.05) is 55.4 Å². The Hall–Kier alpha value is -7.54. The third-order valence-corrected chi connectivity index (χ3v) is 18.1. The average Bonchev–Trinajstić information content (AvgIpc) is 4.19. The van der Waals surface area contributed by atoms with Crippen molar-refractivity contribution >= 4 is 61.3 Å². The number of carbonyl (C=O) groups is 1. The number of nitriles is 1. The van der Waals surface area contributed by atoms with Crippen LogP contribution < -0.4 is 19.1 Å². The van der Waals surface area contributed by atoms with Gasteiger partial charge in [0.2, 0.25) is 5.88 Å². The monoisotopic (exact) mass is 1140 g/mol. The minimum absolute atomic E-state index is 0.0437. The molecule has 0 atom stereocenters. The third kappa shape index (κ3) is 11.7. The molecule has 81 heavy (non-hydrogen) atoms. The SMILES string of the molecule is CC1(C)CCC(CN2CCN(c3ccc(C(=O)NS(=O)(=O)c4cnc(OC[C@]5(F)CC[C@@H](C#N)CC5)c(Cl)c4)c(Oc4cccc5c4cnn5C(c4ccccc4)(c4ccccc4)c4ccccc4)c3)CC2)=C(c2ccc(Cl)cc2)C1. The number of amides is 1. The number of aromatic nitrogens is 3. The van der Waals surface area contributed by atoms with E-state index in [1.807, 2.05) is 95.7 Å². The second-order valence-corrected chi connectivity index (χ2v) is 24.8. The number of sulfonamides is 1. The average molecular weight is 1140 g/mol. The normalized spacial score (nSPS) is 18.8. The summed E-state index contributed by atoms with van der Waals surface area (Å²) in [5.74, 6) is -0.806. The van der Waals surface area contributed by atoms with E-state index in [-0.39, 0.29) is 53.0 Å². The molecule has 2 aromatic heterocycles. The van der Waals surface area contributed by atoms with Crippen molar-refractivity contribution in [2.45, 2.75) is 74.9 Å². The molecule has 414 valence electrons. The zero-order valence-electron chi connectivity index (χ0n) is 45.2. The molecular weight excluding hydrogens is 1080 g/mol. The maximum atomic E-state index is 15.6. The molecule has 1 N–H and O–H groups in total. The van der Waals surface area contributed by atoms with E-state index in [1.165, 1.54) is 16.7 Å². The summed E-state index contributed by atoms with van der Waals surface area (Å²) in [4.78, 5) is 23.1. The van der Waals surface area contributed by atoms with Gasteiger partial charge in [0.1, 0.15) is 39.2 Å². The molecule has 1 saturated carbocycles. The number of fused-ring (bicyclic) bond motifs is 1.